The molecule has 1 saturated heterocycles. The van der Waals surface area contributed by atoms with E-state index < -0.39 is 21.9 Å². The number of hydrogen-bond acceptors (Lipinski definition) is 4. The summed E-state index contributed by atoms with van der Waals surface area (Å²) < 4.78 is 39.9. The number of nitrogens with two attached hydrogens (primary N) is 1. The topological polar surface area (TPSA) is 83.6 Å². The lowest BCUT2D eigenvalue weighted by Gasteiger charge is -2.27. The van der Waals surface area contributed by atoms with Crippen molar-refractivity contribution in [2.75, 3.05) is 18.9 Å². The number of anilines is 1. The van der Waals surface area contributed by atoms with E-state index in [0.29, 0.717) is 13.0 Å². The van der Waals surface area contributed by atoms with Crippen LogP contribution in [0.5, 0.6) is 0 Å². The van der Waals surface area contributed by atoms with Crippen LogP contribution in [0.1, 0.15) is 25.7 Å². The Bertz CT molecular complexity index is 577. The molecule has 112 valence electrons. The Morgan fingerprint density at radius 3 is 2.75 bits per heavy atom. The van der Waals surface area contributed by atoms with Crippen molar-refractivity contribution in [1.82, 2.24) is 4.31 Å². The van der Waals surface area contributed by atoms with Crippen molar-refractivity contribution < 1.29 is 17.9 Å². The lowest BCUT2D eigenvalue weighted by molar-refractivity contribution is 0.186. The molecule has 3 N–H and O–H groups in total. The number of nitrogens with zero attached hydrogens (tertiary/aromatic N) is 1. The second-order valence-corrected chi connectivity index (χ2v) is 6.88. The smallest absolute Gasteiger partial charge is 0.243 e. The van der Waals surface area contributed by atoms with Gasteiger partial charge < -0.3 is 10.8 Å². The molecule has 0 radical (unpaired) electrons. The van der Waals surface area contributed by atoms with Crippen molar-refractivity contribution in [2.24, 2.45) is 0 Å². The first kappa shape index (κ1) is 15.2. The van der Waals surface area contributed by atoms with Gasteiger partial charge in [-0.1, -0.05) is 12.8 Å². The molecule has 0 aliphatic carbocycles. The monoisotopic (exact) mass is 302 g/mol. The van der Waals surface area contributed by atoms with Gasteiger partial charge >= 0.3 is 0 Å². The molecule has 1 heterocycles. The molecule has 1 atom stereocenters. The average molecular weight is 302 g/mol. The Morgan fingerprint density at radius 1 is 1.35 bits per heavy atom. The van der Waals surface area contributed by atoms with Gasteiger partial charge in [-0.3, -0.25) is 0 Å². The molecule has 0 bridgehead atoms. The van der Waals surface area contributed by atoms with Crippen LogP contribution >= 0.6 is 0 Å². The summed E-state index contributed by atoms with van der Waals surface area (Å²) in [5.41, 5.74) is 5.28. The van der Waals surface area contributed by atoms with Crippen LogP contribution in [0.2, 0.25) is 0 Å². The summed E-state index contributed by atoms with van der Waals surface area (Å²) in [5, 5.41) is 9.40. The van der Waals surface area contributed by atoms with Crippen molar-refractivity contribution in [3.63, 3.8) is 0 Å². The first-order valence-corrected chi connectivity index (χ1v) is 8.08. The Labute approximate surface area is 118 Å². The van der Waals surface area contributed by atoms with Crippen molar-refractivity contribution in [1.29, 1.82) is 0 Å². The third-order valence-corrected chi connectivity index (χ3v) is 5.56. The Balaban J connectivity index is 2.38. The number of hydrogen-bond donors (Lipinski definition) is 2. The standard InChI is InChI=1S/C13H19FN2O3S/c14-12-8-11(5-6-13(12)15)20(18,19)16-7-3-1-2-4-10(16)9-17/h5-6,8,10,17H,1-4,7,9,15H2. The Morgan fingerprint density at radius 2 is 2.10 bits per heavy atom. The third-order valence-electron chi connectivity index (χ3n) is 3.61. The van der Waals surface area contributed by atoms with Gasteiger partial charge in [0, 0.05) is 12.6 Å². The molecule has 7 heteroatoms. The zero-order chi connectivity index (χ0) is 14.8. The van der Waals surface area contributed by atoms with E-state index in [1.165, 1.54) is 16.4 Å². The molecule has 1 fully saturated rings. The number of aliphatic hydroxyl groups excluding tert-OH is 1. The third kappa shape index (κ3) is 2.94. The molecule has 1 aliphatic rings. The normalized spacial score (nSPS) is 21.6. The van der Waals surface area contributed by atoms with Gasteiger partial charge in [-0.05, 0) is 31.0 Å². The summed E-state index contributed by atoms with van der Waals surface area (Å²) in [5.74, 6) is -0.749. The minimum atomic E-state index is -3.81. The van der Waals surface area contributed by atoms with Gasteiger partial charge in [0.2, 0.25) is 10.0 Å². The van der Waals surface area contributed by atoms with Crippen LogP contribution in [0.15, 0.2) is 23.1 Å². The van der Waals surface area contributed by atoms with Gasteiger partial charge in [-0.15, -0.1) is 0 Å². The minimum absolute atomic E-state index is 0.0847. The predicted octanol–water partition coefficient (Wildman–Crippen LogP) is 1.33. The molecular formula is C13H19FN2O3S. The molecule has 1 unspecified atom stereocenters. The van der Waals surface area contributed by atoms with Crippen molar-refractivity contribution in [2.45, 2.75) is 36.6 Å². The molecule has 2 rings (SSSR count). The van der Waals surface area contributed by atoms with E-state index in [0.717, 1.165) is 25.3 Å². The first-order chi connectivity index (χ1) is 9.46. The van der Waals surface area contributed by atoms with Crippen molar-refractivity contribution >= 4 is 15.7 Å². The number of rotatable bonds is 3. The second kappa shape index (κ2) is 6.07. The van der Waals surface area contributed by atoms with Crippen molar-refractivity contribution in [3.05, 3.63) is 24.0 Å². The SMILES string of the molecule is Nc1ccc(S(=O)(=O)N2CCCCCC2CO)cc1F. The van der Waals surface area contributed by atoms with Crippen LogP contribution in [0.3, 0.4) is 0 Å². The zero-order valence-corrected chi connectivity index (χ0v) is 11.9. The lowest BCUT2D eigenvalue weighted by Crippen LogP contribution is -2.42. The van der Waals surface area contributed by atoms with Gasteiger partial charge in [0.1, 0.15) is 5.82 Å². The van der Waals surface area contributed by atoms with Gasteiger partial charge in [0.15, 0.2) is 0 Å². The molecule has 1 aliphatic heterocycles. The van der Waals surface area contributed by atoms with Crippen LogP contribution < -0.4 is 5.73 Å². The number of benzene rings is 1. The molecule has 0 amide bonds. The second-order valence-electron chi connectivity index (χ2n) is 4.98. The van der Waals surface area contributed by atoms with Gasteiger partial charge in [0.25, 0.3) is 0 Å². The van der Waals surface area contributed by atoms with E-state index in [9.17, 15) is 17.9 Å². The molecule has 1 aromatic rings. The fourth-order valence-electron chi connectivity index (χ4n) is 2.45. The summed E-state index contributed by atoms with van der Waals surface area (Å²) in [6, 6.07) is 3.04. The van der Waals surface area contributed by atoms with Crippen LogP contribution in [0.25, 0.3) is 0 Å². The summed E-state index contributed by atoms with van der Waals surface area (Å²) in [6.07, 6.45) is 3.17. The molecule has 0 spiro atoms. The van der Waals surface area contributed by atoms with Crippen LogP contribution in [0, 0.1) is 5.82 Å². The molecule has 1 aromatic carbocycles. The van der Waals surface area contributed by atoms with Crippen LogP contribution in [-0.4, -0.2) is 37.0 Å². The molecular weight excluding hydrogens is 283 g/mol. The van der Waals surface area contributed by atoms with Gasteiger partial charge in [-0.25, -0.2) is 12.8 Å². The number of aliphatic hydroxyl groups is 1. The van der Waals surface area contributed by atoms with E-state index >= 15 is 0 Å². The van der Waals surface area contributed by atoms with Crippen LogP contribution in [0.4, 0.5) is 10.1 Å². The highest BCUT2D eigenvalue weighted by Crippen LogP contribution is 2.26. The number of sulfonamides is 1. The summed E-state index contributed by atoms with van der Waals surface area (Å²) in [7, 11) is -3.81. The molecule has 20 heavy (non-hydrogen) atoms. The summed E-state index contributed by atoms with van der Waals surface area (Å²) >= 11 is 0. The highest BCUT2D eigenvalue weighted by molar-refractivity contribution is 7.89. The first-order valence-electron chi connectivity index (χ1n) is 6.64. The maximum absolute atomic E-state index is 13.5. The van der Waals surface area contributed by atoms with Crippen LogP contribution in [-0.2, 0) is 10.0 Å². The maximum atomic E-state index is 13.5. The quantitative estimate of drug-likeness (QED) is 0.825. The lowest BCUT2D eigenvalue weighted by atomic mass is 10.1. The molecule has 0 saturated carbocycles. The van der Waals surface area contributed by atoms with E-state index in [2.05, 4.69) is 0 Å². The zero-order valence-electron chi connectivity index (χ0n) is 11.1. The van der Waals surface area contributed by atoms with Gasteiger partial charge in [-0.2, -0.15) is 4.31 Å². The Hall–Kier alpha value is -1.18. The Kier molecular flexibility index (Phi) is 4.62. The molecule has 0 aromatic heterocycles. The highest BCUT2D eigenvalue weighted by atomic mass is 32.2. The summed E-state index contributed by atoms with van der Waals surface area (Å²) in [4.78, 5) is -0.121. The van der Waals surface area contributed by atoms with Crippen molar-refractivity contribution in [3.8, 4) is 0 Å². The van der Waals surface area contributed by atoms with E-state index in [4.69, 9.17) is 5.73 Å². The predicted molar refractivity (Wildman–Crippen MR) is 74.0 cm³/mol. The highest BCUT2D eigenvalue weighted by Gasteiger charge is 2.32. The minimum Gasteiger partial charge on any atom is -0.396 e. The van der Waals surface area contributed by atoms with Gasteiger partial charge in [0.05, 0.1) is 17.2 Å². The number of halogens is 1. The largest absolute Gasteiger partial charge is 0.396 e. The van der Waals surface area contributed by atoms with E-state index in [1.807, 2.05) is 0 Å². The fraction of sp³-hybridized carbons (Fsp3) is 0.538. The number of nitrogen functional groups attached to an aromatic ring is 1. The van der Waals surface area contributed by atoms with E-state index in [1.54, 1.807) is 0 Å². The fourth-order valence-corrected chi connectivity index (χ4v) is 4.15. The maximum Gasteiger partial charge on any atom is 0.243 e. The summed E-state index contributed by atoms with van der Waals surface area (Å²) in [6.45, 7) is 0.121. The molecule has 5 nitrogen and oxygen atoms in total. The average Bonchev–Trinajstić information content (AvgIpc) is 2.67. The van der Waals surface area contributed by atoms with E-state index in [-0.39, 0.29) is 17.2 Å².